The quantitative estimate of drug-likeness (QED) is 0.839. The van der Waals surface area contributed by atoms with E-state index in [4.69, 9.17) is 0 Å². The number of carbonyl (C=O) groups excluding carboxylic acids is 1. The molecule has 1 saturated carbocycles. The molecule has 0 aliphatic heterocycles. The van der Waals surface area contributed by atoms with Crippen LogP contribution >= 0.6 is 0 Å². The lowest BCUT2D eigenvalue weighted by atomic mass is 10.1. The lowest BCUT2D eigenvalue weighted by Gasteiger charge is -2.26. The third kappa shape index (κ3) is 3.28. The Hall–Kier alpha value is -1.62. The molecule has 0 spiro atoms. The average Bonchev–Trinajstić information content (AvgIpc) is 3.18. The second-order valence-electron chi connectivity index (χ2n) is 5.36. The highest BCUT2D eigenvalue weighted by Crippen LogP contribution is 2.36. The summed E-state index contributed by atoms with van der Waals surface area (Å²) < 4.78 is 13.0. The molecule has 1 aliphatic rings. The lowest BCUT2D eigenvalue weighted by Crippen LogP contribution is -2.45. The SMILES string of the molecule is CCN(CC)CC1(NC(=O)c2ccc(F)c(O)c2)CC1. The minimum absolute atomic E-state index is 0.160. The molecule has 1 aromatic rings. The van der Waals surface area contributed by atoms with E-state index in [9.17, 15) is 14.3 Å². The predicted octanol–water partition coefficient (Wildman–Crippen LogP) is 2.14. The second-order valence-corrected chi connectivity index (χ2v) is 5.36. The van der Waals surface area contributed by atoms with Gasteiger partial charge in [-0.3, -0.25) is 4.79 Å². The Bertz CT molecular complexity index is 497. The fraction of sp³-hybridized carbons (Fsp3) is 0.533. The van der Waals surface area contributed by atoms with Crippen molar-refractivity contribution in [2.24, 2.45) is 0 Å². The molecule has 0 unspecified atom stereocenters. The van der Waals surface area contributed by atoms with Gasteiger partial charge in [-0.25, -0.2) is 4.39 Å². The van der Waals surface area contributed by atoms with Crippen LogP contribution in [0.4, 0.5) is 4.39 Å². The van der Waals surface area contributed by atoms with Crippen LogP contribution in [-0.2, 0) is 0 Å². The first-order valence-electron chi connectivity index (χ1n) is 7.03. The highest BCUT2D eigenvalue weighted by molar-refractivity contribution is 5.95. The van der Waals surface area contributed by atoms with E-state index in [0.717, 1.165) is 44.6 Å². The Kier molecular flexibility index (Phi) is 4.28. The zero-order chi connectivity index (χ0) is 14.8. The van der Waals surface area contributed by atoms with Gasteiger partial charge in [0.05, 0.1) is 5.54 Å². The summed E-state index contributed by atoms with van der Waals surface area (Å²) in [5.41, 5.74) is 0.127. The molecule has 0 heterocycles. The van der Waals surface area contributed by atoms with E-state index in [-0.39, 0.29) is 17.0 Å². The number of amides is 1. The highest BCUT2D eigenvalue weighted by atomic mass is 19.1. The number of hydrogen-bond acceptors (Lipinski definition) is 3. The first kappa shape index (κ1) is 14.8. The molecule has 0 atom stereocenters. The van der Waals surface area contributed by atoms with E-state index in [1.807, 2.05) is 0 Å². The maximum Gasteiger partial charge on any atom is 0.251 e. The van der Waals surface area contributed by atoms with E-state index in [0.29, 0.717) is 0 Å². The van der Waals surface area contributed by atoms with Gasteiger partial charge in [-0.1, -0.05) is 13.8 Å². The van der Waals surface area contributed by atoms with Crippen molar-refractivity contribution in [3.63, 3.8) is 0 Å². The van der Waals surface area contributed by atoms with Crippen molar-refractivity contribution < 1.29 is 14.3 Å². The van der Waals surface area contributed by atoms with Gasteiger partial charge in [0.15, 0.2) is 11.6 Å². The first-order valence-corrected chi connectivity index (χ1v) is 7.03. The highest BCUT2D eigenvalue weighted by Gasteiger charge is 2.44. The molecule has 0 bridgehead atoms. The molecule has 0 radical (unpaired) electrons. The maximum atomic E-state index is 13.0. The van der Waals surface area contributed by atoms with Crippen molar-refractivity contribution in [1.82, 2.24) is 10.2 Å². The van der Waals surface area contributed by atoms with Gasteiger partial charge in [-0.15, -0.1) is 0 Å². The van der Waals surface area contributed by atoms with Crippen molar-refractivity contribution in [2.75, 3.05) is 19.6 Å². The lowest BCUT2D eigenvalue weighted by molar-refractivity contribution is 0.0917. The molecule has 1 aromatic carbocycles. The minimum atomic E-state index is -0.717. The van der Waals surface area contributed by atoms with Gasteiger partial charge in [0.1, 0.15) is 0 Å². The third-order valence-electron chi connectivity index (χ3n) is 3.86. The van der Waals surface area contributed by atoms with Crippen LogP contribution in [0.1, 0.15) is 37.0 Å². The summed E-state index contributed by atoms with van der Waals surface area (Å²) in [7, 11) is 0. The smallest absolute Gasteiger partial charge is 0.251 e. The number of likely N-dealkylation sites (N-methyl/N-ethyl adjacent to an activating group) is 1. The van der Waals surface area contributed by atoms with E-state index in [1.54, 1.807) is 0 Å². The number of nitrogens with zero attached hydrogens (tertiary/aromatic N) is 1. The average molecular weight is 280 g/mol. The maximum absolute atomic E-state index is 13.0. The number of nitrogens with one attached hydrogen (secondary N) is 1. The summed E-state index contributed by atoms with van der Waals surface area (Å²) >= 11 is 0. The summed E-state index contributed by atoms with van der Waals surface area (Å²) in [6, 6.07) is 3.66. The summed E-state index contributed by atoms with van der Waals surface area (Å²) in [6.07, 6.45) is 1.92. The minimum Gasteiger partial charge on any atom is -0.505 e. The van der Waals surface area contributed by atoms with Crippen LogP contribution < -0.4 is 5.32 Å². The van der Waals surface area contributed by atoms with Crippen molar-refractivity contribution in [1.29, 1.82) is 0 Å². The number of hydrogen-bond donors (Lipinski definition) is 2. The van der Waals surface area contributed by atoms with Crippen LogP contribution in [0, 0.1) is 5.82 Å². The zero-order valence-electron chi connectivity index (χ0n) is 11.9. The number of halogens is 1. The van der Waals surface area contributed by atoms with E-state index in [1.165, 1.54) is 6.07 Å². The zero-order valence-corrected chi connectivity index (χ0v) is 11.9. The molecule has 110 valence electrons. The molecule has 0 aromatic heterocycles. The Morgan fingerprint density at radius 3 is 2.55 bits per heavy atom. The molecular formula is C15H21FN2O2. The summed E-state index contributed by atoms with van der Waals surface area (Å²) in [4.78, 5) is 14.4. The summed E-state index contributed by atoms with van der Waals surface area (Å²) in [5, 5.41) is 12.3. The van der Waals surface area contributed by atoms with Gasteiger partial charge >= 0.3 is 0 Å². The van der Waals surface area contributed by atoms with Crippen LogP contribution in [0.15, 0.2) is 18.2 Å². The standard InChI is InChI=1S/C15H21FN2O2/c1-3-18(4-2)10-15(7-8-15)17-14(20)11-5-6-12(16)13(19)9-11/h5-6,9,19H,3-4,7-8,10H2,1-2H3,(H,17,20). The number of phenols is 1. The molecule has 5 heteroatoms. The molecule has 20 heavy (non-hydrogen) atoms. The van der Waals surface area contributed by atoms with Crippen LogP contribution in [0.2, 0.25) is 0 Å². The van der Waals surface area contributed by atoms with Gasteiger partial charge in [0.2, 0.25) is 0 Å². The van der Waals surface area contributed by atoms with Gasteiger partial charge in [0, 0.05) is 12.1 Å². The molecule has 0 saturated heterocycles. The van der Waals surface area contributed by atoms with E-state index < -0.39 is 11.6 Å². The predicted molar refractivity (Wildman–Crippen MR) is 75.3 cm³/mol. The number of benzene rings is 1. The number of carbonyl (C=O) groups is 1. The molecule has 2 rings (SSSR count). The van der Waals surface area contributed by atoms with Crippen molar-refractivity contribution in [3.05, 3.63) is 29.6 Å². The Morgan fingerprint density at radius 2 is 2.05 bits per heavy atom. The third-order valence-corrected chi connectivity index (χ3v) is 3.86. The molecule has 1 fully saturated rings. The monoisotopic (exact) mass is 280 g/mol. The molecular weight excluding hydrogens is 259 g/mol. The molecule has 4 nitrogen and oxygen atoms in total. The van der Waals surface area contributed by atoms with Crippen molar-refractivity contribution >= 4 is 5.91 Å². The topological polar surface area (TPSA) is 52.6 Å². The normalized spacial score (nSPS) is 16.2. The van der Waals surface area contributed by atoms with Gasteiger partial charge < -0.3 is 15.3 Å². The molecule has 2 N–H and O–H groups in total. The van der Waals surface area contributed by atoms with Crippen LogP contribution in [0.25, 0.3) is 0 Å². The Morgan fingerprint density at radius 1 is 1.40 bits per heavy atom. The second kappa shape index (κ2) is 5.79. The number of aromatic hydroxyl groups is 1. The summed E-state index contributed by atoms with van der Waals surface area (Å²) in [5.74, 6) is -1.47. The van der Waals surface area contributed by atoms with Gasteiger partial charge in [0.25, 0.3) is 5.91 Å². The Balaban J connectivity index is 2.02. The van der Waals surface area contributed by atoms with Crippen molar-refractivity contribution in [2.45, 2.75) is 32.2 Å². The largest absolute Gasteiger partial charge is 0.505 e. The van der Waals surface area contributed by atoms with Crippen LogP contribution in [-0.4, -0.2) is 41.1 Å². The van der Waals surface area contributed by atoms with Crippen LogP contribution in [0.3, 0.4) is 0 Å². The van der Waals surface area contributed by atoms with Crippen LogP contribution in [0.5, 0.6) is 5.75 Å². The van der Waals surface area contributed by atoms with Crippen molar-refractivity contribution in [3.8, 4) is 5.75 Å². The van der Waals surface area contributed by atoms with Gasteiger partial charge in [-0.2, -0.15) is 0 Å². The number of phenolic OH excluding ortho intramolecular Hbond substituents is 1. The molecule has 1 amide bonds. The number of rotatable bonds is 6. The first-order chi connectivity index (χ1) is 9.49. The Labute approximate surface area is 118 Å². The fourth-order valence-electron chi connectivity index (χ4n) is 2.32. The molecule has 1 aliphatic carbocycles. The fourth-order valence-corrected chi connectivity index (χ4v) is 2.32. The van der Waals surface area contributed by atoms with E-state index >= 15 is 0 Å². The van der Waals surface area contributed by atoms with E-state index in [2.05, 4.69) is 24.1 Å². The summed E-state index contributed by atoms with van der Waals surface area (Å²) in [6.45, 7) is 6.93. The van der Waals surface area contributed by atoms with Gasteiger partial charge in [-0.05, 0) is 44.1 Å².